The Balaban J connectivity index is 2.00. The van der Waals surface area contributed by atoms with E-state index in [-0.39, 0.29) is 12.3 Å². The molecule has 0 unspecified atom stereocenters. The number of aromatic nitrogens is 5. The quantitative estimate of drug-likeness (QED) is 0.742. The Kier molecular flexibility index (Phi) is 3.64. The molecular weight excluding hydrogens is 298 g/mol. The molecule has 0 aliphatic carbocycles. The summed E-state index contributed by atoms with van der Waals surface area (Å²) in [6, 6.07) is 0. The van der Waals surface area contributed by atoms with E-state index in [0.29, 0.717) is 22.4 Å². The van der Waals surface area contributed by atoms with Crippen LogP contribution in [0.3, 0.4) is 0 Å². The van der Waals surface area contributed by atoms with Crippen LogP contribution < -0.4 is 5.69 Å². The maximum Gasteiger partial charge on any atom is 0.343 e. The number of hydrogen-bond donors (Lipinski definition) is 2. The lowest BCUT2D eigenvalue weighted by Crippen LogP contribution is -2.17. The third-order valence-corrected chi connectivity index (χ3v) is 4.60. The maximum absolute atomic E-state index is 11.7. The first-order valence-electron chi connectivity index (χ1n) is 6.13. The normalized spacial score (nSPS) is 11.5. The molecule has 106 valence electrons. The first-order valence-corrected chi connectivity index (χ1v) is 7.82. The van der Waals surface area contributed by atoms with E-state index in [1.54, 1.807) is 4.57 Å². The Bertz CT molecular complexity index is 784. The van der Waals surface area contributed by atoms with Crippen molar-refractivity contribution in [2.24, 2.45) is 0 Å². The van der Waals surface area contributed by atoms with Crippen molar-refractivity contribution in [3.8, 4) is 0 Å². The molecule has 20 heavy (non-hydrogen) atoms. The summed E-state index contributed by atoms with van der Waals surface area (Å²) in [7, 11) is 0. The number of aliphatic hydroxyl groups is 1. The fraction of sp³-hybridized carbons (Fsp3) is 0.364. The molecule has 0 saturated heterocycles. The van der Waals surface area contributed by atoms with E-state index in [9.17, 15) is 9.90 Å². The largest absolute Gasteiger partial charge is 0.390 e. The van der Waals surface area contributed by atoms with E-state index in [1.165, 1.54) is 23.1 Å². The second-order valence-corrected chi connectivity index (χ2v) is 5.97. The van der Waals surface area contributed by atoms with Gasteiger partial charge in [0.2, 0.25) is 0 Å². The lowest BCUT2D eigenvalue weighted by molar-refractivity contribution is 0.272. The lowest BCUT2D eigenvalue weighted by Gasteiger charge is -2.02. The molecule has 7 nitrogen and oxygen atoms in total. The van der Waals surface area contributed by atoms with Crippen LogP contribution in [0, 0.1) is 0 Å². The molecule has 2 N–H and O–H groups in total. The van der Waals surface area contributed by atoms with Gasteiger partial charge in [0.1, 0.15) is 5.03 Å². The molecule has 0 aliphatic rings. The van der Waals surface area contributed by atoms with E-state index in [1.807, 2.05) is 22.9 Å². The number of aromatic amines is 1. The predicted molar refractivity (Wildman–Crippen MR) is 76.3 cm³/mol. The second kappa shape index (κ2) is 5.43. The van der Waals surface area contributed by atoms with Crippen LogP contribution >= 0.6 is 23.1 Å². The Morgan fingerprint density at radius 3 is 3.15 bits per heavy atom. The molecule has 3 aromatic rings. The molecular formula is C11H13N5O2S2. The predicted octanol–water partition coefficient (Wildman–Crippen LogP) is 1.33. The third kappa shape index (κ3) is 2.17. The average molecular weight is 311 g/mol. The van der Waals surface area contributed by atoms with Crippen molar-refractivity contribution in [2.75, 3.05) is 0 Å². The van der Waals surface area contributed by atoms with Gasteiger partial charge in [-0.2, -0.15) is 0 Å². The molecule has 0 amide bonds. The molecule has 9 heteroatoms. The highest BCUT2D eigenvalue weighted by Gasteiger charge is 2.17. The summed E-state index contributed by atoms with van der Waals surface area (Å²) in [6.07, 6.45) is 2.71. The fourth-order valence-corrected chi connectivity index (χ4v) is 3.68. The molecule has 0 fully saturated rings. The minimum Gasteiger partial charge on any atom is -0.390 e. The van der Waals surface area contributed by atoms with Crippen molar-refractivity contribution >= 4 is 28.1 Å². The first kappa shape index (κ1) is 13.4. The van der Waals surface area contributed by atoms with Crippen molar-refractivity contribution in [3.63, 3.8) is 0 Å². The number of imidazole rings is 1. The van der Waals surface area contributed by atoms with Gasteiger partial charge in [0.25, 0.3) is 0 Å². The van der Waals surface area contributed by atoms with Gasteiger partial charge in [-0.1, -0.05) is 6.92 Å². The molecule has 3 heterocycles. The van der Waals surface area contributed by atoms with Crippen LogP contribution in [0.2, 0.25) is 0 Å². The number of rotatable bonds is 5. The van der Waals surface area contributed by atoms with Crippen molar-refractivity contribution in [3.05, 3.63) is 27.8 Å². The van der Waals surface area contributed by atoms with Gasteiger partial charge in [-0.15, -0.1) is 16.4 Å². The molecule has 0 bridgehead atoms. The number of thiazole rings is 1. The van der Waals surface area contributed by atoms with Gasteiger partial charge in [-0.05, 0) is 18.2 Å². The van der Waals surface area contributed by atoms with Gasteiger partial charge in [0.15, 0.2) is 10.1 Å². The van der Waals surface area contributed by atoms with Crippen molar-refractivity contribution in [1.29, 1.82) is 0 Å². The smallest absolute Gasteiger partial charge is 0.343 e. The topological polar surface area (TPSA) is 88.2 Å². The summed E-state index contributed by atoms with van der Waals surface area (Å²) in [5.74, 6) is 0. The summed E-state index contributed by atoms with van der Waals surface area (Å²) in [5.41, 5.74) is 0.491. The Morgan fingerprint density at radius 1 is 1.55 bits per heavy atom. The van der Waals surface area contributed by atoms with E-state index >= 15 is 0 Å². The summed E-state index contributed by atoms with van der Waals surface area (Å²) in [4.78, 5) is 16.9. The lowest BCUT2D eigenvalue weighted by atomic mass is 10.5. The van der Waals surface area contributed by atoms with Crippen LogP contribution in [0.5, 0.6) is 0 Å². The van der Waals surface area contributed by atoms with Crippen molar-refractivity contribution < 1.29 is 5.11 Å². The number of H-pyrrole nitrogens is 1. The molecule has 0 spiro atoms. The first-order chi connectivity index (χ1) is 9.74. The van der Waals surface area contributed by atoms with Gasteiger partial charge >= 0.3 is 5.69 Å². The van der Waals surface area contributed by atoms with Crippen LogP contribution in [0.1, 0.15) is 19.0 Å². The van der Waals surface area contributed by atoms with Gasteiger partial charge in [-0.25, -0.2) is 14.9 Å². The average Bonchev–Trinajstić information content (AvgIpc) is 3.08. The van der Waals surface area contributed by atoms with Gasteiger partial charge in [-0.3, -0.25) is 8.97 Å². The number of hydrogen-bond acceptors (Lipinski definition) is 6. The van der Waals surface area contributed by atoms with Gasteiger partial charge in [0.05, 0.1) is 12.3 Å². The Hall–Kier alpha value is -1.58. The maximum atomic E-state index is 11.7. The molecule has 3 rings (SSSR count). The van der Waals surface area contributed by atoms with Crippen LogP contribution in [-0.4, -0.2) is 29.3 Å². The van der Waals surface area contributed by atoms with Crippen LogP contribution in [0.4, 0.5) is 0 Å². The SMILES string of the molecule is CCCn1c(Sc2nc3sccn3c2CO)n[nH]c1=O. The van der Waals surface area contributed by atoms with Crippen LogP contribution in [0.15, 0.2) is 26.6 Å². The highest BCUT2D eigenvalue weighted by atomic mass is 32.2. The van der Waals surface area contributed by atoms with E-state index in [2.05, 4.69) is 15.2 Å². The standard InChI is InChI=1S/C11H13N5O2S2/c1-2-3-16-9(18)13-14-11(16)20-8-7(6-17)15-4-5-19-10(15)12-8/h4-5,17H,2-3,6H2,1H3,(H,13,18). The summed E-state index contributed by atoms with van der Waals surface area (Å²) >= 11 is 2.79. The minimum atomic E-state index is -0.221. The van der Waals surface area contributed by atoms with Gasteiger partial charge in [0, 0.05) is 18.1 Å². The number of nitrogens with one attached hydrogen (secondary N) is 1. The Morgan fingerprint density at radius 2 is 2.40 bits per heavy atom. The van der Waals surface area contributed by atoms with Crippen molar-refractivity contribution in [2.45, 2.75) is 36.7 Å². The number of nitrogens with zero attached hydrogens (tertiary/aromatic N) is 4. The molecule has 0 aromatic carbocycles. The molecule has 0 atom stereocenters. The molecule has 3 aromatic heterocycles. The minimum absolute atomic E-state index is 0.108. The number of aliphatic hydroxyl groups excluding tert-OH is 1. The summed E-state index contributed by atoms with van der Waals surface area (Å²) in [6.45, 7) is 2.50. The zero-order chi connectivity index (χ0) is 14.1. The highest BCUT2D eigenvalue weighted by molar-refractivity contribution is 7.99. The molecule has 0 aliphatic heterocycles. The van der Waals surface area contributed by atoms with E-state index in [4.69, 9.17) is 0 Å². The Labute approximate surface area is 122 Å². The summed E-state index contributed by atoms with van der Waals surface area (Å²) in [5, 5.41) is 19.1. The fourth-order valence-electron chi connectivity index (χ4n) is 1.93. The van der Waals surface area contributed by atoms with E-state index in [0.717, 1.165) is 11.4 Å². The summed E-state index contributed by atoms with van der Waals surface area (Å²) < 4.78 is 3.43. The zero-order valence-electron chi connectivity index (χ0n) is 10.7. The monoisotopic (exact) mass is 311 g/mol. The van der Waals surface area contributed by atoms with E-state index < -0.39 is 0 Å². The molecule has 0 saturated carbocycles. The second-order valence-electron chi connectivity index (χ2n) is 4.14. The van der Waals surface area contributed by atoms with Crippen LogP contribution in [-0.2, 0) is 13.2 Å². The van der Waals surface area contributed by atoms with Crippen LogP contribution in [0.25, 0.3) is 4.96 Å². The number of fused-ring (bicyclic) bond motifs is 1. The van der Waals surface area contributed by atoms with Crippen molar-refractivity contribution in [1.82, 2.24) is 24.1 Å². The third-order valence-electron chi connectivity index (χ3n) is 2.83. The molecule has 0 radical (unpaired) electrons. The van der Waals surface area contributed by atoms with Gasteiger partial charge < -0.3 is 5.11 Å². The highest BCUT2D eigenvalue weighted by Crippen LogP contribution is 2.30. The zero-order valence-corrected chi connectivity index (χ0v) is 12.4.